The SMILES string of the molecule is CCOc1cc2c(cc1OCC)[C@H](CC(=O)OC)N(S(=O)(=O)c1ccc(OC)c(OC)c1)CC2. The molecule has 0 fully saturated rings. The number of sulfonamides is 1. The highest BCUT2D eigenvalue weighted by molar-refractivity contribution is 7.89. The Labute approximate surface area is 200 Å². The lowest BCUT2D eigenvalue weighted by Gasteiger charge is -2.36. The number of esters is 1. The van der Waals surface area contributed by atoms with E-state index in [-0.39, 0.29) is 17.9 Å². The molecule has 9 nitrogen and oxygen atoms in total. The van der Waals surface area contributed by atoms with Crippen LogP contribution in [0.15, 0.2) is 35.2 Å². The molecule has 10 heteroatoms. The van der Waals surface area contributed by atoms with Crippen LogP contribution in [0.4, 0.5) is 0 Å². The third kappa shape index (κ3) is 5.07. The van der Waals surface area contributed by atoms with Crippen LogP contribution in [-0.4, -0.2) is 59.8 Å². The van der Waals surface area contributed by atoms with Gasteiger partial charge in [-0.05, 0) is 55.7 Å². The number of ether oxygens (including phenoxy) is 5. The van der Waals surface area contributed by atoms with Crippen molar-refractivity contribution >= 4 is 16.0 Å². The molecule has 34 heavy (non-hydrogen) atoms. The molecule has 0 unspecified atom stereocenters. The van der Waals surface area contributed by atoms with Gasteiger partial charge in [-0.15, -0.1) is 0 Å². The maximum absolute atomic E-state index is 13.7. The molecule has 1 atom stereocenters. The van der Waals surface area contributed by atoms with Crippen molar-refractivity contribution < 1.29 is 36.9 Å². The van der Waals surface area contributed by atoms with Gasteiger partial charge in [-0.25, -0.2) is 8.42 Å². The summed E-state index contributed by atoms with van der Waals surface area (Å²) in [7, 11) is 0.208. The van der Waals surface area contributed by atoms with Gasteiger partial charge in [0.25, 0.3) is 0 Å². The van der Waals surface area contributed by atoms with E-state index in [1.54, 1.807) is 12.1 Å². The largest absolute Gasteiger partial charge is 0.493 e. The summed E-state index contributed by atoms with van der Waals surface area (Å²) in [5.74, 6) is 1.29. The van der Waals surface area contributed by atoms with Crippen molar-refractivity contribution in [3.05, 3.63) is 41.5 Å². The lowest BCUT2D eigenvalue weighted by Crippen LogP contribution is -2.41. The van der Waals surface area contributed by atoms with E-state index in [1.807, 2.05) is 19.9 Å². The van der Waals surface area contributed by atoms with Gasteiger partial charge < -0.3 is 23.7 Å². The summed E-state index contributed by atoms with van der Waals surface area (Å²) in [6.07, 6.45) is 0.307. The van der Waals surface area contributed by atoms with E-state index in [0.717, 1.165) is 5.56 Å². The van der Waals surface area contributed by atoms with Gasteiger partial charge in [0.05, 0.1) is 51.9 Å². The van der Waals surface area contributed by atoms with Gasteiger partial charge in [0, 0.05) is 12.6 Å². The van der Waals surface area contributed by atoms with Crippen molar-refractivity contribution in [3.8, 4) is 23.0 Å². The van der Waals surface area contributed by atoms with E-state index in [9.17, 15) is 13.2 Å². The molecule has 0 aromatic heterocycles. The average molecular weight is 494 g/mol. The Morgan fingerprint density at radius 1 is 0.941 bits per heavy atom. The van der Waals surface area contributed by atoms with Crippen molar-refractivity contribution in [2.24, 2.45) is 0 Å². The Balaban J connectivity index is 2.11. The number of rotatable bonds is 10. The minimum absolute atomic E-state index is 0.0411. The number of hydrogen-bond acceptors (Lipinski definition) is 8. The van der Waals surface area contributed by atoms with Gasteiger partial charge in [0.15, 0.2) is 23.0 Å². The van der Waals surface area contributed by atoms with Crippen LogP contribution in [0.3, 0.4) is 0 Å². The Morgan fingerprint density at radius 3 is 2.18 bits per heavy atom. The van der Waals surface area contributed by atoms with E-state index >= 15 is 0 Å². The van der Waals surface area contributed by atoms with Crippen LogP contribution in [0, 0.1) is 0 Å². The highest BCUT2D eigenvalue weighted by Gasteiger charge is 2.39. The topological polar surface area (TPSA) is 101 Å². The number of fused-ring (bicyclic) bond motifs is 1. The van der Waals surface area contributed by atoms with E-state index in [4.69, 9.17) is 23.7 Å². The van der Waals surface area contributed by atoms with E-state index in [2.05, 4.69) is 0 Å². The second-order valence-corrected chi connectivity index (χ2v) is 9.43. The lowest BCUT2D eigenvalue weighted by atomic mass is 9.91. The number of methoxy groups -OCH3 is 3. The minimum atomic E-state index is -3.99. The summed E-state index contributed by atoms with van der Waals surface area (Å²) >= 11 is 0. The van der Waals surface area contributed by atoms with E-state index in [1.165, 1.54) is 37.8 Å². The molecule has 2 aromatic rings. The Hall–Kier alpha value is -2.98. The average Bonchev–Trinajstić information content (AvgIpc) is 2.84. The molecule has 1 aliphatic rings. The summed E-state index contributed by atoms with van der Waals surface area (Å²) in [4.78, 5) is 12.4. The monoisotopic (exact) mass is 493 g/mol. The summed E-state index contributed by atoms with van der Waals surface area (Å²) in [6, 6.07) is 7.29. The zero-order valence-corrected chi connectivity index (χ0v) is 20.9. The van der Waals surface area contributed by atoms with Crippen LogP contribution >= 0.6 is 0 Å². The first-order chi connectivity index (χ1) is 16.3. The highest BCUT2D eigenvalue weighted by Crippen LogP contribution is 2.42. The van der Waals surface area contributed by atoms with Gasteiger partial charge in [-0.2, -0.15) is 4.31 Å². The highest BCUT2D eigenvalue weighted by atomic mass is 32.2. The summed E-state index contributed by atoms with van der Waals surface area (Å²) in [5, 5.41) is 0. The third-order valence-electron chi connectivity index (χ3n) is 5.66. The second kappa shape index (κ2) is 11.0. The molecular formula is C24H31NO8S. The fraction of sp³-hybridized carbons (Fsp3) is 0.458. The summed E-state index contributed by atoms with van der Waals surface area (Å²) in [5.41, 5.74) is 1.59. The predicted octanol–water partition coefficient (Wildman–Crippen LogP) is 3.35. The van der Waals surface area contributed by atoms with Crippen LogP contribution in [0.1, 0.15) is 37.4 Å². The molecule has 0 amide bonds. The van der Waals surface area contributed by atoms with Crippen molar-refractivity contribution in [3.63, 3.8) is 0 Å². The molecule has 2 aromatic carbocycles. The van der Waals surface area contributed by atoms with Crippen LogP contribution < -0.4 is 18.9 Å². The molecule has 0 spiro atoms. The van der Waals surface area contributed by atoms with Gasteiger partial charge in [0.1, 0.15) is 0 Å². The first-order valence-electron chi connectivity index (χ1n) is 11.0. The molecule has 0 aliphatic carbocycles. The Morgan fingerprint density at radius 2 is 1.59 bits per heavy atom. The van der Waals surface area contributed by atoms with Crippen molar-refractivity contribution in [2.45, 2.75) is 37.6 Å². The van der Waals surface area contributed by atoms with E-state index < -0.39 is 22.0 Å². The van der Waals surface area contributed by atoms with Crippen LogP contribution in [-0.2, 0) is 26.0 Å². The molecule has 0 saturated heterocycles. The molecule has 0 saturated carbocycles. The van der Waals surface area contributed by atoms with Gasteiger partial charge in [0.2, 0.25) is 10.0 Å². The van der Waals surface area contributed by atoms with Gasteiger partial charge in [-0.3, -0.25) is 4.79 Å². The summed E-state index contributed by atoms with van der Waals surface area (Å²) < 4.78 is 55.7. The molecular weight excluding hydrogens is 462 g/mol. The standard InChI is InChI=1S/C24H31NO8S/c1-6-32-22-12-16-10-11-25(19(15-24(26)31-5)18(16)14-23(22)33-7-2)34(27,28)17-8-9-20(29-3)21(13-17)30-4/h8-9,12-14,19H,6-7,10-11,15H2,1-5H3/t19-/m0/s1. The Kier molecular flexibility index (Phi) is 8.27. The maximum Gasteiger partial charge on any atom is 0.307 e. The van der Waals surface area contributed by atoms with Gasteiger partial charge in [-0.1, -0.05) is 0 Å². The number of benzene rings is 2. The van der Waals surface area contributed by atoms with Crippen LogP contribution in [0.2, 0.25) is 0 Å². The first-order valence-corrected chi connectivity index (χ1v) is 12.5. The molecule has 1 heterocycles. The molecule has 0 bridgehead atoms. The maximum atomic E-state index is 13.7. The zero-order valence-electron chi connectivity index (χ0n) is 20.1. The zero-order chi connectivity index (χ0) is 24.9. The lowest BCUT2D eigenvalue weighted by molar-refractivity contribution is -0.141. The normalized spacial score (nSPS) is 15.9. The van der Waals surface area contributed by atoms with Crippen LogP contribution in [0.25, 0.3) is 0 Å². The Bertz CT molecular complexity index is 1130. The number of nitrogens with zero attached hydrogens (tertiary/aromatic N) is 1. The number of carbonyl (C=O) groups is 1. The fourth-order valence-corrected chi connectivity index (χ4v) is 5.70. The third-order valence-corrected chi connectivity index (χ3v) is 7.57. The molecule has 3 rings (SSSR count). The fourth-order valence-electron chi connectivity index (χ4n) is 4.08. The molecule has 0 N–H and O–H groups in total. The van der Waals surface area contributed by atoms with E-state index in [0.29, 0.717) is 48.2 Å². The molecule has 0 radical (unpaired) electrons. The van der Waals surface area contributed by atoms with Crippen molar-refractivity contribution in [1.29, 1.82) is 0 Å². The second-order valence-electron chi connectivity index (χ2n) is 7.54. The van der Waals surface area contributed by atoms with Crippen molar-refractivity contribution in [2.75, 3.05) is 41.1 Å². The minimum Gasteiger partial charge on any atom is -0.493 e. The summed E-state index contributed by atoms with van der Waals surface area (Å²) in [6.45, 7) is 4.80. The predicted molar refractivity (Wildman–Crippen MR) is 125 cm³/mol. The first kappa shape index (κ1) is 25.6. The van der Waals surface area contributed by atoms with Gasteiger partial charge >= 0.3 is 5.97 Å². The number of carbonyl (C=O) groups excluding carboxylic acids is 1. The van der Waals surface area contributed by atoms with Crippen molar-refractivity contribution in [1.82, 2.24) is 4.31 Å². The molecule has 186 valence electrons. The molecule has 1 aliphatic heterocycles. The smallest absolute Gasteiger partial charge is 0.307 e. The quantitative estimate of drug-likeness (QED) is 0.465. The number of hydrogen-bond donors (Lipinski definition) is 0. The van der Waals surface area contributed by atoms with Crippen LogP contribution in [0.5, 0.6) is 23.0 Å².